The Balaban J connectivity index is 2.13. The summed E-state index contributed by atoms with van der Waals surface area (Å²) in [7, 11) is 3.64. The summed E-state index contributed by atoms with van der Waals surface area (Å²) in [6.45, 7) is 3.94. The number of thiophene rings is 1. The zero-order valence-electron chi connectivity index (χ0n) is 17.1. The maximum Gasteiger partial charge on any atom is 0.191 e. The topological polar surface area (TPSA) is 82.5 Å². The molecule has 5 nitrogen and oxygen atoms in total. The van der Waals surface area contributed by atoms with Crippen molar-refractivity contribution < 1.29 is 9.18 Å². The van der Waals surface area contributed by atoms with Crippen molar-refractivity contribution in [3.05, 3.63) is 45.4 Å². The molecule has 0 amide bonds. The van der Waals surface area contributed by atoms with Gasteiger partial charge in [-0.3, -0.25) is 0 Å². The van der Waals surface area contributed by atoms with Gasteiger partial charge in [-0.05, 0) is 61.9 Å². The second-order valence-electron chi connectivity index (χ2n) is 7.90. The SMILES string of the molecule is Cc1sc(C(C)(N=C(N)N(C)C)C(C=O)C2CC2)cc1-c1ccc(F)c(C#N)c1. The van der Waals surface area contributed by atoms with Gasteiger partial charge in [-0.15, -0.1) is 11.3 Å². The number of rotatable bonds is 6. The van der Waals surface area contributed by atoms with Crippen molar-refractivity contribution in [2.45, 2.75) is 32.2 Å². The standard InChI is InChI=1S/C22H25FN4OS/c1-13-17(15-7-8-19(23)16(9-15)11-24)10-20(29-13)22(2,26-21(25)27(3)4)18(12-28)14-5-6-14/h7-10,12,14,18H,5-6H2,1-4H3,(H2,25,26). The Labute approximate surface area is 174 Å². The van der Waals surface area contributed by atoms with Gasteiger partial charge in [0.25, 0.3) is 0 Å². The van der Waals surface area contributed by atoms with Crippen molar-refractivity contribution >= 4 is 23.6 Å². The number of carbonyl (C=O) groups excluding carboxylic acids is 1. The molecule has 0 saturated heterocycles. The molecule has 2 aromatic rings. The van der Waals surface area contributed by atoms with Crippen molar-refractivity contribution in [3.8, 4) is 17.2 Å². The van der Waals surface area contributed by atoms with Crippen molar-refractivity contribution in [1.29, 1.82) is 5.26 Å². The van der Waals surface area contributed by atoms with E-state index in [1.54, 1.807) is 28.4 Å². The number of carbonyl (C=O) groups is 1. The Kier molecular flexibility index (Phi) is 5.76. The van der Waals surface area contributed by atoms with Gasteiger partial charge in [0.1, 0.15) is 23.7 Å². The number of benzene rings is 1. The van der Waals surface area contributed by atoms with E-state index in [1.807, 2.05) is 40.1 Å². The van der Waals surface area contributed by atoms with E-state index in [1.165, 1.54) is 6.07 Å². The quantitative estimate of drug-likeness (QED) is 0.441. The monoisotopic (exact) mass is 412 g/mol. The summed E-state index contributed by atoms with van der Waals surface area (Å²) in [5, 5.41) is 9.15. The first-order valence-electron chi connectivity index (χ1n) is 9.50. The Bertz CT molecular complexity index is 1000. The van der Waals surface area contributed by atoms with Gasteiger partial charge in [0, 0.05) is 29.8 Å². The number of guanidine groups is 1. The largest absolute Gasteiger partial charge is 0.370 e. The van der Waals surface area contributed by atoms with Crippen LogP contribution in [-0.4, -0.2) is 31.2 Å². The second-order valence-corrected chi connectivity index (χ2v) is 9.15. The molecule has 1 aliphatic carbocycles. The molecule has 1 fully saturated rings. The van der Waals surface area contributed by atoms with E-state index in [2.05, 4.69) is 0 Å². The van der Waals surface area contributed by atoms with E-state index in [4.69, 9.17) is 16.0 Å². The number of aldehydes is 1. The van der Waals surface area contributed by atoms with Crippen LogP contribution in [0.1, 0.15) is 35.1 Å². The highest BCUT2D eigenvalue weighted by Gasteiger charge is 2.46. The summed E-state index contributed by atoms with van der Waals surface area (Å²) < 4.78 is 13.8. The number of hydrogen-bond acceptors (Lipinski definition) is 4. The molecule has 7 heteroatoms. The molecule has 1 aliphatic rings. The fourth-order valence-electron chi connectivity index (χ4n) is 3.59. The summed E-state index contributed by atoms with van der Waals surface area (Å²) in [4.78, 5) is 20.5. The van der Waals surface area contributed by atoms with E-state index >= 15 is 0 Å². The molecule has 1 aromatic heterocycles. The Morgan fingerprint density at radius 1 is 1.45 bits per heavy atom. The number of hydrogen-bond donors (Lipinski definition) is 1. The molecular formula is C22H25FN4OS. The van der Waals surface area contributed by atoms with Crippen molar-refractivity contribution in [3.63, 3.8) is 0 Å². The molecule has 2 N–H and O–H groups in total. The van der Waals surface area contributed by atoms with Gasteiger partial charge in [-0.25, -0.2) is 9.38 Å². The van der Waals surface area contributed by atoms with Crippen LogP contribution >= 0.6 is 11.3 Å². The van der Waals surface area contributed by atoms with Crippen LogP contribution in [0.2, 0.25) is 0 Å². The average Bonchev–Trinajstić information content (AvgIpc) is 3.43. The third-order valence-corrected chi connectivity index (χ3v) is 6.82. The van der Waals surface area contributed by atoms with Gasteiger partial charge in [0.05, 0.1) is 5.56 Å². The van der Waals surface area contributed by atoms with E-state index in [-0.39, 0.29) is 11.5 Å². The van der Waals surface area contributed by atoms with Gasteiger partial charge in [0.15, 0.2) is 5.96 Å². The highest BCUT2D eigenvalue weighted by Crippen LogP contribution is 2.50. The van der Waals surface area contributed by atoms with E-state index in [0.29, 0.717) is 11.9 Å². The van der Waals surface area contributed by atoms with Gasteiger partial charge in [-0.1, -0.05) is 6.07 Å². The lowest BCUT2D eigenvalue weighted by Crippen LogP contribution is -2.39. The fourth-order valence-corrected chi connectivity index (χ4v) is 4.77. The third-order valence-electron chi connectivity index (χ3n) is 5.55. The molecule has 1 aromatic carbocycles. The minimum Gasteiger partial charge on any atom is -0.370 e. The smallest absolute Gasteiger partial charge is 0.191 e. The Morgan fingerprint density at radius 3 is 2.69 bits per heavy atom. The van der Waals surface area contributed by atoms with Gasteiger partial charge in [0.2, 0.25) is 0 Å². The Morgan fingerprint density at radius 2 is 2.14 bits per heavy atom. The van der Waals surface area contributed by atoms with Gasteiger partial charge < -0.3 is 15.4 Å². The van der Waals surface area contributed by atoms with Crippen LogP contribution in [0, 0.1) is 35.9 Å². The number of nitrogens with two attached hydrogens (primary N) is 1. The summed E-state index contributed by atoms with van der Waals surface area (Å²) in [6, 6.07) is 8.42. The molecule has 3 rings (SSSR count). The molecule has 1 heterocycles. The van der Waals surface area contributed by atoms with Crippen LogP contribution in [0.4, 0.5) is 4.39 Å². The van der Waals surface area contributed by atoms with E-state index < -0.39 is 11.4 Å². The highest BCUT2D eigenvalue weighted by atomic mass is 32.1. The van der Waals surface area contributed by atoms with Crippen LogP contribution in [-0.2, 0) is 10.3 Å². The first-order valence-corrected chi connectivity index (χ1v) is 10.3. The molecule has 0 bridgehead atoms. The predicted molar refractivity (Wildman–Crippen MR) is 114 cm³/mol. The van der Waals surface area contributed by atoms with Crippen molar-refractivity contribution in [2.24, 2.45) is 22.6 Å². The van der Waals surface area contributed by atoms with E-state index in [0.717, 1.165) is 40.0 Å². The fraction of sp³-hybridized carbons (Fsp3) is 0.409. The minimum absolute atomic E-state index is 0.0102. The first-order chi connectivity index (χ1) is 13.7. The molecule has 29 heavy (non-hydrogen) atoms. The van der Waals surface area contributed by atoms with Gasteiger partial charge in [-0.2, -0.15) is 5.26 Å². The lowest BCUT2D eigenvalue weighted by molar-refractivity contribution is -0.113. The highest BCUT2D eigenvalue weighted by molar-refractivity contribution is 7.12. The number of nitriles is 1. The maximum atomic E-state index is 13.8. The lowest BCUT2D eigenvalue weighted by Gasteiger charge is -2.31. The molecule has 152 valence electrons. The predicted octanol–water partition coefficient (Wildman–Crippen LogP) is 4.05. The molecule has 2 unspecified atom stereocenters. The minimum atomic E-state index is -0.789. The molecular weight excluding hydrogens is 387 g/mol. The van der Waals surface area contributed by atoms with Crippen LogP contribution < -0.4 is 5.73 Å². The summed E-state index contributed by atoms with van der Waals surface area (Å²) >= 11 is 1.56. The average molecular weight is 413 g/mol. The number of aryl methyl sites for hydroxylation is 1. The maximum absolute atomic E-state index is 13.8. The molecule has 2 atom stereocenters. The van der Waals surface area contributed by atoms with Crippen LogP contribution in [0.25, 0.3) is 11.1 Å². The van der Waals surface area contributed by atoms with Crippen LogP contribution in [0.15, 0.2) is 29.3 Å². The van der Waals surface area contributed by atoms with Crippen molar-refractivity contribution in [2.75, 3.05) is 14.1 Å². The third kappa shape index (κ3) is 4.03. The normalized spacial score (nSPS) is 17.3. The second kappa shape index (κ2) is 7.96. The molecule has 0 aliphatic heterocycles. The molecule has 0 spiro atoms. The Hall–Kier alpha value is -2.72. The van der Waals surface area contributed by atoms with Crippen LogP contribution in [0.3, 0.4) is 0 Å². The lowest BCUT2D eigenvalue weighted by atomic mass is 9.81. The number of halogens is 1. The molecule has 0 radical (unpaired) electrons. The summed E-state index contributed by atoms with van der Waals surface area (Å²) in [5.74, 6) is -0.138. The van der Waals surface area contributed by atoms with Crippen LogP contribution in [0.5, 0.6) is 0 Å². The summed E-state index contributed by atoms with van der Waals surface area (Å²) in [6.07, 6.45) is 3.03. The van der Waals surface area contributed by atoms with Gasteiger partial charge >= 0.3 is 0 Å². The number of aliphatic imine (C=N–C) groups is 1. The zero-order chi connectivity index (χ0) is 21.3. The number of nitrogens with zero attached hydrogens (tertiary/aromatic N) is 3. The van der Waals surface area contributed by atoms with Crippen molar-refractivity contribution in [1.82, 2.24) is 4.90 Å². The van der Waals surface area contributed by atoms with E-state index in [9.17, 15) is 9.18 Å². The molecule has 1 saturated carbocycles. The summed E-state index contributed by atoms with van der Waals surface area (Å²) in [5.41, 5.74) is 7.05. The first kappa shape index (κ1) is 21.0. The zero-order valence-corrected chi connectivity index (χ0v) is 17.9.